The fourth-order valence-corrected chi connectivity index (χ4v) is 1.57. The van der Waals surface area contributed by atoms with Gasteiger partial charge in [0.2, 0.25) is 0 Å². The molecule has 0 aliphatic carbocycles. The first-order valence-electron chi connectivity index (χ1n) is 4.22. The van der Waals surface area contributed by atoms with Crippen LogP contribution in [-0.2, 0) is 14.0 Å². The molecule has 1 rings (SSSR count). The molecule has 2 nitrogen and oxygen atoms in total. The van der Waals surface area contributed by atoms with Crippen LogP contribution in [0.1, 0.15) is 18.9 Å². The van der Waals surface area contributed by atoms with Crippen LogP contribution in [0.25, 0.3) is 0 Å². The van der Waals surface area contributed by atoms with Gasteiger partial charge in [-0.3, -0.25) is 0 Å². The molecule has 14 heavy (non-hydrogen) atoms. The van der Waals surface area contributed by atoms with Gasteiger partial charge in [-0.25, -0.2) is 4.79 Å². The maximum Gasteiger partial charge on any atom is 0.350 e. The van der Waals surface area contributed by atoms with Gasteiger partial charge in [-0.1, -0.05) is 37.3 Å². The van der Waals surface area contributed by atoms with Gasteiger partial charge in [0.05, 0.1) is 0 Å². The first kappa shape index (κ1) is 11.3. The van der Waals surface area contributed by atoms with Crippen LogP contribution < -0.4 is 0 Å². The highest BCUT2D eigenvalue weighted by atomic mass is 35.5. The lowest BCUT2D eigenvalue weighted by molar-refractivity contribution is -0.137. The molecule has 76 valence electrons. The number of carbonyl (C=O) groups excluding carboxylic acids is 1. The summed E-state index contributed by atoms with van der Waals surface area (Å²) >= 11 is 11.2. The first-order valence-corrected chi connectivity index (χ1v) is 4.91. The van der Waals surface area contributed by atoms with Crippen LogP contribution in [0, 0.1) is 0 Å². The van der Waals surface area contributed by atoms with Gasteiger partial charge in [-0.15, -0.1) is 11.6 Å². The quantitative estimate of drug-likeness (QED) is 0.749. The van der Waals surface area contributed by atoms with Crippen molar-refractivity contribution >= 4 is 29.4 Å². The van der Waals surface area contributed by atoms with E-state index in [2.05, 4.69) is 4.29 Å². The van der Waals surface area contributed by atoms with Gasteiger partial charge in [0, 0.05) is 0 Å². The molecule has 1 unspecified atom stereocenters. The Morgan fingerprint density at radius 1 is 1.43 bits per heavy atom. The number of carbonyl (C=O) groups is 1. The lowest BCUT2D eigenvalue weighted by Crippen LogP contribution is -2.29. The molecule has 0 bridgehead atoms. The summed E-state index contributed by atoms with van der Waals surface area (Å²) in [6.07, 6.45) is 0.421. The molecule has 0 amide bonds. The minimum absolute atomic E-state index is 0.421. The van der Waals surface area contributed by atoms with Crippen molar-refractivity contribution in [3.05, 3.63) is 35.9 Å². The third kappa shape index (κ3) is 2.02. The highest BCUT2D eigenvalue weighted by Crippen LogP contribution is 2.34. The standard InChI is InChI=1S/C10H10Cl2O2/c1-2-10(11,9(13)14-12)8-6-4-3-5-7-8/h3-7H,2H2,1H3. The van der Waals surface area contributed by atoms with Crippen molar-refractivity contribution in [2.75, 3.05) is 0 Å². The van der Waals surface area contributed by atoms with E-state index in [1.54, 1.807) is 19.1 Å². The van der Waals surface area contributed by atoms with Gasteiger partial charge in [0.25, 0.3) is 0 Å². The van der Waals surface area contributed by atoms with E-state index in [0.717, 1.165) is 0 Å². The maximum absolute atomic E-state index is 11.4. The van der Waals surface area contributed by atoms with Gasteiger partial charge in [-0.05, 0) is 12.0 Å². The molecule has 1 aromatic carbocycles. The summed E-state index contributed by atoms with van der Waals surface area (Å²) in [5.74, 6) is -0.644. The molecule has 0 fully saturated rings. The van der Waals surface area contributed by atoms with E-state index >= 15 is 0 Å². The van der Waals surface area contributed by atoms with Crippen molar-refractivity contribution in [1.29, 1.82) is 0 Å². The van der Waals surface area contributed by atoms with Gasteiger partial charge in [0.1, 0.15) is 11.9 Å². The molecule has 0 aliphatic rings. The van der Waals surface area contributed by atoms with Crippen molar-refractivity contribution in [1.82, 2.24) is 0 Å². The highest BCUT2D eigenvalue weighted by Gasteiger charge is 2.38. The van der Waals surface area contributed by atoms with Crippen molar-refractivity contribution in [3.8, 4) is 0 Å². The fraction of sp³-hybridized carbons (Fsp3) is 0.300. The van der Waals surface area contributed by atoms with Gasteiger partial charge >= 0.3 is 5.97 Å². The summed E-state index contributed by atoms with van der Waals surface area (Å²) in [4.78, 5) is 10.2. The summed E-state index contributed by atoms with van der Waals surface area (Å²) in [6, 6.07) is 9.00. The van der Waals surface area contributed by atoms with Crippen LogP contribution in [0.4, 0.5) is 0 Å². The number of hydrogen-bond acceptors (Lipinski definition) is 2. The van der Waals surface area contributed by atoms with Crippen molar-refractivity contribution in [2.45, 2.75) is 18.2 Å². The lowest BCUT2D eigenvalue weighted by atomic mass is 9.96. The number of halogens is 2. The van der Waals surface area contributed by atoms with E-state index in [1.807, 2.05) is 18.2 Å². The molecule has 0 spiro atoms. The summed E-state index contributed by atoms with van der Waals surface area (Å²) in [6.45, 7) is 1.80. The summed E-state index contributed by atoms with van der Waals surface area (Å²) < 4.78 is 4.16. The molecular weight excluding hydrogens is 223 g/mol. The largest absolute Gasteiger partial charge is 0.350 e. The van der Waals surface area contributed by atoms with E-state index in [0.29, 0.717) is 12.0 Å². The Balaban J connectivity index is 3.08. The van der Waals surface area contributed by atoms with Crippen LogP contribution in [0.5, 0.6) is 0 Å². The van der Waals surface area contributed by atoms with Crippen LogP contribution >= 0.6 is 23.5 Å². The topological polar surface area (TPSA) is 26.3 Å². The van der Waals surface area contributed by atoms with Gasteiger partial charge in [0.15, 0.2) is 4.87 Å². The van der Waals surface area contributed by atoms with Crippen LogP contribution in [-0.4, -0.2) is 5.97 Å². The van der Waals surface area contributed by atoms with E-state index in [-0.39, 0.29) is 0 Å². The summed E-state index contributed by atoms with van der Waals surface area (Å²) in [7, 11) is 0. The van der Waals surface area contributed by atoms with E-state index < -0.39 is 10.8 Å². The Kier molecular flexibility index (Phi) is 3.78. The molecule has 0 saturated carbocycles. The minimum Gasteiger partial charge on any atom is -0.345 e. The molecule has 4 heteroatoms. The average Bonchev–Trinajstić information content (AvgIpc) is 2.28. The molecule has 0 aromatic heterocycles. The SMILES string of the molecule is CCC(Cl)(C(=O)OCl)c1ccccc1. The zero-order chi connectivity index (χ0) is 10.6. The third-order valence-corrected chi connectivity index (χ3v) is 2.89. The maximum atomic E-state index is 11.4. The second-order valence-electron chi connectivity index (χ2n) is 2.89. The zero-order valence-corrected chi connectivity index (χ0v) is 9.18. The molecular formula is C10H10Cl2O2. The predicted octanol–water partition coefficient (Wildman–Crippen LogP) is 3.23. The number of alkyl halides is 1. The van der Waals surface area contributed by atoms with Crippen LogP contribution in [0.3, 0.4) is 0 Å². The number of hydrogen-bond donors (Lipinski definition) is 0. The molecule has 0 saturated heterocycles. The van der Waals surface area contributed by atoms with Crippen LogP contribution in [0.15, 0.2) is 30.3 Å². The monoisotopic (exact) mass is 232 g/mol. The van der Waals surface area contributed by atoms with Crippen molar-refractivity contribution in [3.63, 3.8) is 0 Å². The van der Waals surface area contributed by atoms with Crippen molar-refractivity contribution < 1.29 is 9.08 Å². The Hall–Kier alpha value is -0.730. The van der Waals surface area contributed by atoms with Crippen LogP contribution in [0.2, 0.25) is 0 Å². The second kappa shape index (κ2) is 4.67. The zero-order valence-electron chi connectivity index (χ0n) is 7.67. The average molecular weight is 233 g/mol. The molecule has 1 aromatic rings. The van der Waals surface area contributed by atoms with E-state index in [4.69, 9.17) is 23.5 Å². The summed E-state index contributed by atoms with van der Waals surface area (Å²) in [5.41, 5.74) is 0.690. The Labute approximate surface area is 92.9 Å². The Morgan fingerprint density at radius 2 is 2.00 bits per heavy atom. The van der Waals surface area contributed by atoms with Crippen molar-refractivity contribution in [2.24, 2.45) is 0 Å². The molecule has 0 N–H and O–H groups in total. The summed E-state index contributed by atoms with van der Waals surface area (Å²) in [5, 5.41) is 0. The van der Waals surface area contributed by atoms with Gasteiger partial charge in [-0.2, -0.15) is 0 Å². The molecule has 0 aliphatic heterocycles. The predicted molar refractivity (Wildman–Crippen MR) is 56.2 cm³/mol. The second-order valence-corrected chi connectivity index (χ2v) is 3.68. The molecule has 0 heterocycles. The first-order chi connectivity index (χ1) is 6.65. The minimum atomic E-state index is -1.18. The number of benzene rings is 1. The fourth-order valence-electron chi connectivity index (χ4n) is 1.23. The Bertz CT molecular complexity index is 313. The lowest BCUT2D eigenvalue weighted by Gasteiger charge is -2.21. The third-order valence-electron chi connectivity index (χ3n) is 2.11. The number of rotatable bonds is 3. The Morgan fingerprint density at radius 3 is 2.43 bits per heavy atom. The smallest absolute Gasteiger partial charge is 0.345 e. The highest BCUT2D eigenvalue weighted by molar-refractivity contribution is 6.35. The van der Waals surface area contributed by atoms with E-state index in [1.165, 1.54) is 0 Å². The van der Waals surface area contributed by atoms with Gasteiger partial charge < -0.3 is 4.29 Å². The van der Waals surface area contributed by atoms with E-state index in [9.17, 15) is 4.79 Å². The molecule has 1 atom stereocenters. The molecule has 0 radical (unpaired) electrons. The normalized spacial score (nSPS) is 14.5.